The van der Waals surface area contributed by atoms with Crippen molar-refractivity contribution in [3.8, 4) is 0 Å². The van der Waals surface area contributed by atoms with E-state index in [4.69, 9.17) is 10.3 Å². The molecule has 0 amide bonds. The summed E-state index contributed by atoms with van der Waals surface area (Å²) in [6.07, 6.45) is 0. The second kappa shape index (κ2) is 5.16. The molecule has 0 spiro atoms. The molecule has 2 aromatic heterocycles. The van der Waals surface area contributed by atoms with Gasteiger partial charge >= 0.3 is 0 Å². The summed E-state index contributed by atoms with van der Waals surface area (Å²) in [6, 6.07) is 1.73. The van der Waals surface area contributed by atoms with Crippen LogP contribution < -0.4 is 5.73 Å². The van der Waals surface area contributed by atoms with Gasteiger partial charge in [0.15, 0.2) is 11.0 Å². The van der Waals surface area contributed by atoms with E-state index in [0.717, 1.165) is 5.69 Å². The molecule has 0 aromatic carbocycles. The van der Waals surface area contributed by atoms with Crippen LogP contribution in [0.15, 0.2) is 15.7 Å². The van der Waals surface area contributed by atoms with Gasteiger partial charge in [0, 0.05) is 17.2 Å². The molecule has 0 unspecified atom stereocenters. The van der Waals surface area contributed by atoms with Gasteiger partial charge in [0.2, 0.25) is 5.89 Å². The van der Waals surface area contributed by atoms with E-state index in [1.807, 2.05) is 27.7 Å². The lowest BCUT2D eigenvalue weighted by Crippen LogP contribution is -2.11. The summed E-state index contributed by atoms with van der Waals surface area (Å²) in [4.78, 5) is 12.8. The van der Waals surface area contributed by atoms with Crippen LogP contribution in [-0.4, -0.2) is 20.1 Å². The molecule has 2 aromatic rings. The summed E-state index contributed by atoms with van der Waals surface area (Å²) in [5.74, 6) is 2.30. The van der Waals surface area contributed by atoms with Crippen molar-refractivity contribution in [3.05, 3.63) is 23.5 Å². The molecule has 0 saturated carbocycles. The van der Waals surface area contributed by atoms with Gasteiger partial charge in [0.25, 0.3) is 0 Å². The van der Waals surface area contributed by atoms with Gasteiger partial charge in [-0.1, -0.05) is 37.7 Å². The smallest absolute Gasteiger partial charge is 0.232 e. The van der Waals surface area contributed by atoms with Crippen LogP contribution in [0.4, 0.5) is 5.82 Å². The summed E-state index contributed by atoms with van der Waals surface area (Å²) in [6.45, 7) is 7.97. The van der Waals surface area contributed by atoms with Crippen LogP contribution in [0.5, 0.6) is 0 Å². The molecule has 102 valence electrons. The molecule has 19 heavy (non-hydrogen) atoms. The van der Waals surface area contributed by atoms with Crippen LogP contribution in [0.1, 0.15) is 38.2 Å². The number of hydrogen-bond donors (Lipinski definition) is 1. The van der Waals surface area contributed by atoms with E-state index in [9.17, 15) is 0 Å². The minimum atomic E-state index is -0.139. The zero-order chi connectivity index (χ0) is 14.0. The topological polar surface area (TPSA) is 90.7 Å². The average molecular weight is 279 g/mol. The molecule has 0 fully saturated rings. The van der Waals surface area contributed by atoms with Crippen LogP contribution in [0.25, 0.3) is 0 Å². The third kappa shape index (κ3) is 3.66. The van der Waals surface area contributed by atoms with E-state index in [0.29, 0.717) is 28.4 Å². The molecule has 0 bridgehead atoms. The number of nitrogens with two attached hydrogens (primary N) is 1. The quantitative estimate of drug-likeness (QED) is 0.681. The van der Waals surface area contributed by atoms with Crippen molar-refractivity contribution in [3.63, 3.8) is 0 Å². The highest BCUT2D eigenvalue weighted by Gasteiger charge is 2.21. The lowest BCUT2D eigenvalue weighted by molar-refractivity contribution is 0.319. The van der Waals surface area contributed by atoms with E-state index in [2.05, 4.69) is 20.1 Å². The minimum absolute atomic E-state index is 0.139. The fourth-order valence-corrected chi connectivity index (χ4v) is 2.13. The van der Waals surface area contributed by atoms with Gasteiger partial charge in [-0.15, -0.1) is 0 Å². The number of nitrogens with zero attached hydrogens (tertiary/aromatic N) is 4. The van der Waals surface area contributed by atoms with Crippen LogP contribution in [0, 0.1) is 6.92 Å². The second-order valence-corrected chi connectivity index (χ2v) is 6.21. The Morgan fingerprint density at radius 1 is 1.26 bits per heavy atom. The van der Waals surface area contributed by atoms with Crippen molar-refractivity contribution in [2.24, 2.45) is 0 Å². The Morgan fingerprint density at radius 3 is 2.58 bits per heavy atom. The van der Waals surface area contributed by atoms with Crippen LogP contribution in [0.2, 0.25) is 0 Å². The average Bonchev–Trinajstić information content (AvgIpc) is 2.73. The van der Waals surface area contributed by atoms with Crippen LogP contribution in [0.3, 0.4) is 0 Å². The number of nitrogen functional groups attached to an aromatic ring is 1. The number of anilines is 1. The van der Waals surface area contributed by atoms with Crippen molar-refractivity contribution >= 4 is 17.6 Å². The van der Waals surface area contributed by atoms with Crippen molar-refractivity contribution in [1.82, 2.24) is 20.1 Å². The van der Waals surface area contributed by atoms with Crippen molar-refractivity contribution in [1.29, 1.82) is 0 Å². The first kappa shape index (κ1) is 13.8. The zero-order valence-electron chi connectivity index (χ0n) is 11.5. The normalized spacial score (nSPS) is 11.8. The molecule has 0 saturated heterocycles. The van der Waals surface area contributed by atoms with E-state index in [-0.39, 0.29) is 5.41 Å². The Morgan fingerprint density at radius 2 is 2.00 bits per heavy atom. The van der Waals surface area contributed by atoms with Gasteiger partial charge in [0.05, 0.1) is 5.75 Å². The SMILES string of the molecule is Cc1cc(N)nc(SCc2noc(C(C)(C)C)n2)n1. The summed E-state index contributed by atoms with van der Waals surface area (Å²) in [5, 5.41) is 4.57. The third-order valence-corrected chi connectivity index (χ3v) is 3.14. The van der Waals surface area contributed by atoms with Crippen LogP contribution >= 0.6 is 11.8 Å². The van der Waals surface area contributed by atoms with Crippen LogP contribution in [-0.2, 0) is 11.2 Å². The van der Waals surface area contributed by atoms with E-state index < -0.39 is 0 Å². The maximum absolute atomic E-state index is 5.68. The lowest BCUT2D eigenvalue weighted by Gasteiger charge is -2.10. The largest absolute Gasteiger partial charge is 0.384 e. The number of rotatable bonds is 3. The van der Waals surface area contributed by atoms with Crippen molar-refractivity contribution in [2.75, 3.05) is 5.73 Å². The summed E-state index contributed by atoms with van der Waals surface area (Å²) < 4.78 is 5.22. The monoisotopic (exact) mass is 279 g/mol. The van der Waals surface area contributed by atoms with Gasteiger partial charge < -0.3 is 10.3 Å². The van der Waals surface area contributed by atoms with Gasteiger partial charge in [-0.3, -0.25) is 0 Å². The second-order valence-electron chi connectivity index (χ2n) is 5.27. The molecular weight excluding hydrogens is 262 g/mol. The lowest BCUT2D eigenvalue weighted by atomic mass is 9.97. The van der Waals surface area contributed by atoms with E-state index >= 15 is 0 Å². The van der Waals surface area contributed by atoms with Crippen molar-refractivity contribution in [2.45, 2.75) is 44.0 Å². The summed E-state index contributed by atoms with van der Waals surface area (Å²) in [5.41, 5.74) is 6.38. The Bertz CT molecular complexity index is 555. The number of hydrogen-bond acceptors (Lipinski definition) is 7. The van der Waals surface area contributed by atoms with Gasteiger partial charge in [-0.2, -0.15) is 4.98 Å². The Labute approximate surface area is 116 Å². The standard InChI is InChI=1S/C12H17N5OS/c1-7-5-8(13)15-11(14-7)19-6-9-16-10(18-17-9)12(2,3)4/h5H,6H2,1-4H3,(H2,13,14,15). The fourth-order valence-electron chi connectivity index (χ4n) is 1.38. The molecule has 0 aliphatic carbocycles. The zero-order valence-corrected chi connectivity index (χ0v) is 12.3. The molecular formula is C12H17N5OS. The molecule has 0 atom stereocenters. The Kier molecular flexibility index (Phi) is 3.75. The molecule has 2 N–H and O–H groups in total. The first-order valence-electron chi connectivity index (χ1n) is 5.91. The van der Waals surface area contributed by atoms with Gasteiger partial charge in [-0.05, 0) is 6.92 Å². The molecule has 0 aliphatic heterocycles. The fraction of sp³-hybridized carbons (Fsp3) is 0.500. The predicted octanol–water partition coefficient (Wildman–Crippen LogP) is 2.34. The predicted molar refractivity (Wildman–Crippen MR) is 73.7 cm³/mol. The molecule has 6 nitrogen and oxygen atoms in total. The highest BCUT2D eigenvalue weighted by Crippen LogP contribution is 2.23. The number of thioether (sulfide) groups is 1. The highest BCUT2D eigenvalue weighted by molar-refractivity contribution is 7.98. The molecule has 2 rings (SSSR count). The first-order chi connectivity index (χ1) is 8.84. The van der Waals surface area contributed by atoms with Crippen molar-refractivity contribution < 1.29 is 4.52 Å². The third-order valence-electron chi connectivity index (χ3n) is 2.29. The molecule has 7 heteroatoms. The summed E-state index contributed by atoms with van der Waals surface area (Å²) >= 11 is 1.44. The molecule has 0 radical (unpaired) electrons. The Balaban J connectivity index is 2.04. The number of aromatic nitrogens is 4. The van der Waals surface area contributed by atoms with E-state index in [1.54, 1.807) is 6.07 Å². The highest BCUT2D eigenvalue weighted by atomic mass is 32.2. The maximum atomic E-state index is 5.68. The maximum Gasteiger partial charge on any atom is 0.232 e. The van der Waals surface area contributed by atoms with Gasteiger partial charge in [-0.25, -0.2) is 9.97 Å². The number of aryl methyl sites for hydroxylation is 1. The molecule has 0 aliphatic rings. The van der Waals surface area contributed by atoms with E-state index in [1.165, 1.54) is 11.8 Å². The minimum Gasteiger partial charge on any atom is -0.384 e. The Hall–Kier alpha value is -1.63. The molecule has 2 heterocycles. The van der Waals surface area contributed by atoms with Gasteiger partial charge in [0.1, 0.15) is 5.82 Å². The summed E-state index contributed by atoms with van der Waals surface area (Å²) in [7, 11) is 0. The first-order valence-corrected chi connectivity index (χ1v) is 6.90.